The van der Waals surface area contributed by atoms with E-state index in [0.29, 0.717) is 11.5 Å². The van der Waals surface area contributed by atoms with E-state index in [0.717, 1.165) is 56.1 Å². The van der Waals surface area contributed by atoms with Crippen LogP contribution in [0.2, 0.25) is 0 Å². The Morgan fingerprint density at radius 2 is 1.89 bits per heavy atom. The summed E-state index contributed by atoms with van der Waals surface area (Å²) in [7, 11) is 0. The molecule has 4 rings (SSSR count). The summed E-state index contributed by atoms with van der Waals surface area (Å²) < 4.78 is 10.7. The number of imidazole rings is 1. The van der Waals surface area contributed by atoms with Crippen molar-refractivity contribution in [2.45, 2.75) is 26.3 Å². The van der Waals surface area contributed by atoms with Crippen LogP contribution in [0, 0.1) is 0 Å². The molecule has 0 bridgehead atoms. The number of fused-ring (bicyclic) bond motifs is 1. The Morgan fingerprint density at radius 1 is 1.11 bits per heavy atom. The second kappa shape index (κ2) is 7.74. The van der Waals surface area contributed by atoms with Gasteiger partial charge in [-0.1, -0.05) is 13.8 Å². The number of aromatic nitrogens is 4. The highest BCUT2D eigenvalue weighted by Gasteiger charge is 2.22. The molecule has 2 aromatic heterocycles. The summed E-state index contributed by atoms with van der Waals surface area (Å²) in [4.78, 5) is 21.6. The molecule has 8 heteroatoms. The number of hydrogen-bond donors (Lipinski definition) is 0. The highest BCUT2D eigenvalue weighted by atomic mass is 32.1. The van der Waals surface area contributed by atoms with Gasteiger partial charge in [0.1, 0.15) is 16.9 Å². The minimum atomic E-state index is 0.0845. The lowest BCUT2D eigenvalue weighted by atomic mass is 10.1. The molecule has 142 valence electrons. The molecule has 7 nitrogen and oxygen atoms in total. The van der Waals surface area contributed by atoms with Gasteiger partial charge in [0.15, 0.2) is 0 Å². The van der Waals surface area contributed by atoms with Crippen molar-refractivity contribution < 1.29 is 4.79 Å². The number of benzene rings is 1. The quantitative estimate of drug-likeness (QED) is 0.676. The molecule has 3 aromatic rings. The summed E-state index contributed by atoms with van der Waals surface area (Å²) >= 11 is 1.18. The van der Waals surface area contributed by atoms with Gasteiger partial charge in [-0.05, 0) is 18.2 Å². The SMILES string of the molecule is CC(C)c1nccn1CCN1CCN(C(=O)c2ccc3nsnc3c2)CC1. The molecule has 0 aliphatic carbocycles. The first-order chi connectivity index (χ1) is 13.1. The minimum Gasteiger partial charge on any atom is -0.336 e. The zero-order chi connectivity index (χ0) is 18.8. The van der Waals surface area contributed by atoms with Crippen molar-refractivity contribution in [1.29, 1.82) is 0 Å². The Hall–Kier alpha value is -2.32. The fourth-order valence-electron chi connectivity index (χ4n) is 3.53. The molecule has 0 N–H and O–H groups in total. The third-order valence-electron chi connectivity index (χ3n) is 5.08. The lowest BCUT2D eigenvalue weighted by Gasteiger charge is -2.35. The molecular formula is C19H24N6OS. The maximum absolute atomic E-state index is 12.8. The van der Waals surface area contributed by atoms with Crippen molar-refractivity contribution >= 4 is 28.7 Å². The summed E-state index contributed by atoms with van der Waals surface area (Å²) in [6, 6.07) is 5.57. The van der Waals surface area contributed by atoms with Gasteiger partial charge in [-0.15, -0.1) is 0 Å². The van der Waals surface area contributed by atoms with Crippen LogP contribution in [0.1, 0.15) is 35.9 Å². The molecule has 1 aliphatic rings. The van der Waals surface area contributed by atoms with Gasteiger partial charge in [-0.25, -0.2) is 4.98 Å². The topological polar surface area (TPSA) is 67.2 Å². The van der Waals surface area contributed by atoms with Crippen LogP contribution in [0.3, 0.4) is 0 Å². The van der Waals surface area contributed by atoms with E-state index in [2.05, 4.69) is 43.2 Å². The maximum Gasteiger partial charge on any atom is 0.254 e. The predicted molar refractivity (Wildman–Crippen MR) is 106 cm³/mol. The van der Waals surface area contributed by atoms with E-state index in [1.54, 1.807) is 0 Å². The monoisotopic (exact) mass is 384 g/mol. The summed E-state index contributed by atoms with van der Waals surface area (Å²) in [6.45, 7) is 9.57. The van der Waals surface area contributed by atoms with Crippen LogP contribution in [0.4, 0.5) is 0 Å². The van der Waals surface area contributed by atoms with E-state index >= 15 is 0 Å². The van der Waals surface area contributed by atoms with Crippen molar-refractivity contribution in [1.82, 2.24) is 28.1 Å². The summed E-state index contributed by atoms with van der Waals surface area (Å²) in [5, 5.41) is 0. The Bertz CT molecular complexity index is 925. The molecule has 27 heavy (non-hydrogen) atoms. The molecule has 0 saturated carbocycles. The summed E-state index contributed by atoms with van der Waals surface area (Å²) in [5.41, 5.74) is 2.34. The molecule has 0 spiro atoms. The average Bonchev–Trinajstić information content (AvgIpc) is 3.34. The van der Waals surface area contributed by atoms with Gasteiger partial charge in [0.05, 0.1) is 11.7 Å². The zero-order valence-corrected chi connectivity index (χ0v) is 16.5. The number of nitrogens with zero attached hydrogens (tertiary/aromatic N) is 6. The fourth-order valence-corrected chi connectivity index (χ4v) is 4.05. The number of amides is 1. The van der Waals surface area contributed by atoms with Crippen molar-refractivity contribution in [3.05, 3.63) is 42.0 Å². The van der Waals surface area contributed by atoms with Gasteiger partial charge in [0.25, 0.3) is 5.91 Å². The molecule has 0 unspecified atom stereocenters. The number of piperazine rings is 1. The van der Waals surface area contributed by atoms with Crippen LogP contribution in [-0.4, -0.2) is 66.7 Å². The highest BCUT2D eigenvalue weighted by Crippen LogP contribution is 2.16. The molecule has 0 radical (unpaired) electrons. The van der Waals surface area contributed by atoms with Gasteiger partial charge in [0, 0.05) is 63.1 Å². The average molecular weight is 385 g/mol. The van der Waals surface area contributed by atoms with E-state index in [1.807, 2.05) is 29.3 Å². The Morgan fingerprint density at radius 3 is 2.67 bits per heavy atom. The Balaban J connectivity index is 1.31. The van der Waals surface area contributed by atoms with Crippen molar-refractivity contribution in [3.63, 3.8) is 0 Å². The van der Waals surface area contributed by atoms with Gasteiger partial charge < -0.3 is 9.47 Å². The van der Waals surface area contributed by atoms with Gasteiger partial charge in [-0.3, -0.25) is 9.69 Å². The first kappa shape index (κ1) is 18.1. The van der Waals surface area contributed by atoms with E-state index in [-0.39, 0.29) is 5.91 Å². The molecule has 0 atom stereocenters. The lowest BCUT2D eigenvalue weighted by Crippen LogP contribution is -2.49. The predicted octanol–water partition coefficient (Wildman–Crippen LogP) is 2.47. The van der Waals surface area contributed by atoms with Crippen LogP contribution < -0.4 is 0 Å². The normalized spacial score (nSPS) is 15.7. The first-order valence-corrected chi connectivity index (χ1v) is 10.1. The molecule has 1 fully saturated rings. The van der Waals surface area contributed by atoms with Gasteiger partial charge in [-0.2, -0.15) is 8.75 Å². The van der Waals surface area contributed by atoms with Crippen molar-refractivity contribution in [2.75, 3.05) is 32.7 Å². The first-order valence-electron chi connectivity index (χ1n) is 9.37. The third-order valence-corrected chi connectivity index (χ3v) is 5.64. The second-order valence-corrected chi connectivity index (χ2v) is 7.76. The van der Waals surface area contributed by atoms with Crippen LogP contribution in [-0.2, 0) is 6.54 Å². The molecule has 1 aromatic carbocycles. The standard InChI is InChI=1S/C19H24N6OS/c1-14(2)18-20-5-6-24(18)10-7-23-8-11-25(12-9-23)19(26)15-3-4-16-17(13-15)22-27-21-16/h3-6,13-14H,7-12H2,1-2H3. The van der Waals surface area contributed by atoms with E-state index in [9.17, 15) is 4.79 Å². The molecule has 3 heterocycles. The molecule has 1 amide bonds. The number of rotatable bonds is 5. The van der Waals surface area contributed by atoms with Gasteiger partial charge in [0.2, 0.25) is 0 Å². The largest absolute Gasteiger partial charge is 0.336 e. The van der Waals surface area contributed by atoms with Crippen molar-refractivity contribution in [3.8, 4) is 0 Å². The Labute approximate surface area is 162 Å². The molecule has 1 aliphatic heterocycles. The van der Waals surface area contributed by atoms with E-state index in [4.69, 9.17) is 0 Å². The van der Waals surface area contributed by atoms with Gasteiger partial charge >= 0.3 is 0 Å². The lowest BCUT2D eigenvalue weighted by molar-refractivity contribution is 0.0633. The number of carbonyl (C=O) groups excluding carboxylic acids is 1. The molecule has 1 saturated heterocycles. The van der Waals surface area contributed by atoms with Crippen LogP contribution in [0.15, 0.2) is 30.6 Å². The van der Waals surface area contributed by atoms with Crippen molar-refractivity contribution in [2.24, 2.45) is 0 Å². The summed E-state index contributed by atoms with van der Waals surface area (Å²) in [6.07, 6.45) is 3.93. The van der Waals surface area contributed by atoms with E-state index in [1.165, 1.54) is 11.7 Å². The highest BCUT2D eigenvalue weighted by molar-refractivity contribution is 7.00. The third kappa shape index (κ3) is 3.86. The number of carbonyl (C=O) groups is 1. The summed E-state index contributed by atoms with van der Waals surface area (Å²) in [5.74, 6) is 1.65. The minimum absolute atomic E-state index is 0.0845. The van der Waals surface area contributed by atoms with Crippen LogP contribution in [0.25, 0.3) is 11.0 Å². The van der Waals surface area contributed by atoms with E-state index < -0.39 is 0 Å². The Kier molecular flexibility index (Phi) is 5.18. The number of hydrogen-bond acceptors (Lipinski definition) is 6. The zero-order valence-electron chi connectivity index (χ0n) is 15.7. The van der Waals surface area contributed by atoms with Crippen LogP contribution >= 0.6 is 11.7 Å². The molecular weight excluding hydrogens is 360 g/mol. The smallest absolute Gasteiger partial charge is 0.254 e. The fraction of sp³-hybridized carbons (Fsp3) is 0.474. The second-order valence-electron chi connectivity index (χ2n) is 7.24. The van der Waals surface area contributed by atoms with Crippen LogP contribution in [0.5, 0.6) is 0 Å². The maximum atomic E-state index is 12.8.